The van der Waals surface area contributed by atoms with Crippen LogP contribution in [0.2, 0.25) is 0 Å². The molecular formula is C18H20N4O4S. The first-order chi connectivity index (χ1) is 13.1. The van der Waals surface area contributed by atoms with E-state index in [0.29, 0.717) is 27.9 Å². The maximum absolute atomic E-state index is 12.4. The van der Waals surface area contributed by atoms with Gasteiger partial charge in [0.15, 0.2) is 11.5 Å². The molecule has 0 aliphatic carbocycles. The Kier molecular flexibility index (Phi) is 7.14. The number of hydrogen-bond acceptors (Lipinski definition) is 8. The maximum Gasteiger partial charge on any atom is 0.268 e. The molecule has 1 aromatic carbocycles. The number of carbonyl (C=O) groups excluding carboxylic acids is 1. The number of aryl methyl sites for hydroxylation is 1. The highest BCUT2D eigenvalue weighted by Crippen LogP contribution is 2.38. The Morgan fingerprint density at radius 1 is 1.22 bits per heavy atom. The lowest BCUT2D eigenvalue weighted by Crippen LogP contribution is -2.13. The predicted octanol–water partition coefficient (Wildman–Crippen LogP) is 3.06. The Morgan fingerprint density at radius 3 is 2.41 bits per heavy atom. The van der Waals surface area contributed by atoms with Crippen molar-refractivity contribution in [3.8, 4) is 23.3 Å². The first kappa shape index (κ1) is 20.2. The van der Waals surface area contributed by atoms with Crippen LogP contribution in [0.25, 0.3) is 6.08 Å². The SMILES string of the molecule is CCCc1nnc(NC(=O)/C(C#N)=C\c2cc(OC)c(OC)c(OC)c2)s1. The van der Waals surface area contributed by atoms with E-state index >= 15 is 0 Å². The van der Waals surface area contributed by atoms with Crippen LogP contribution in [-0.2, 0) is 11.2 Å². The van der Waals surface area contributed by atoms with Crippen molar-refractivity contribution in [1.82, 2.24) is 10.2 Å². The van der Waals surface area contributed by atoms with Gasteiger partial charge in [0.2, 0.25) is 10.9 Å². The minimum atomic E-state index is -0.564. The summed E-state index contributed by atoms with van der Waals surface area (Å²) in [6, 6.07) is 5.20. The normalized spacial score (nSPS) is 10.9. The summed E-state index contributed by atoms with van der Waals surface area (Å²) < 4.78 is 15.8. The highest BCUT2D eigenvalue weighted by atomic mass is 32.1. The largest absolute Gasteiger partial charge is 0.493 e. The number of ether oxygens (including phenoxy) is 3. The number of nitrogens with one attached hydrogen (secondary N) is 1. The molecule has 1 N–H and O–H groups in total. The first-order valence-electron chi connectivity index (χ1n) is 8.11. The van der Waals surface area contributed by atoms with Gasteiger partial charge in [-0.1, -0.05) is 18.3 Å². The van der Waals surface area contributed by atoms with Gasteiger partial charge in [-0.25, -0.2) is 0 Å². The number of anilines is 1. The van der Waals surface area contributed by atoms with Crippen LogP contribution in [0, 0.1) is 11.3 Å². The van der Waals surface area contributed by atoms with E-state index in [1.165, 1.54) is 38.7 Å². The Labute approximate surface area is 161 Å². The number of carbonyl (C=O) groups is 1. The fourth-order valence-corrected chi connectivity index (χ4v) is 3.12. The van der Waals surface area contributed by atoms with E-state index in [1.54, 1.807) is 12.1 Å². The molecule has 1 amide bonds. The summed E-state index contributed by atoms with van der Waals surface area (Å²) in [4.78, 5) is 12.4. The van der Waals surface area contributed by atoms with Crippen molar-refractivity contribution in [3.63, 3.8) is 0 Å². The van der Waals surface area contributed by atoms with E-state index in [-0.39, 0.29) is 5.57 Å². The molecule has 0 saturated carbocycles. The lowest BCUT2D eigenvalue weighted by Gasteiger charge is -2.13. The topological polar surface area (TPSA) is 106 Å². The van der Waals surface area contributed by atoms with Crippen LogP contribution < -0.4 is 19.5 Å². The van der Waals surface area contributed by atoms with Gasteiger partial charge in [0, 0.05) is 6.42 Å². The molecule has 142 valence electrons. The van der Waals surface area contributed by atoms with E-state index in [1.807, 2.05) is 13.0 Å². The van der Waals surface area contributed by atoms with Crippen molar-refractivity contribution >= 4 is 28.5 Å². The lowest BCUT2D eigenvalue weighted by atomic mass is 10.1. The Hall–Kier alpha value is -3.12. The molecule has 2 rings (SSSR count). The highest BCUT2D eigenvalue weighted by molar-refractivity contribution is 7.15. The quantitative estimate of drug-likeness (QED) is 0.547. The molecule has 0 radical (unpaired) electrons. The van der Waals surface area contributed by atoms with Crippen molar-refractivity contribution < 1.29 is 19.0 Å². The van der Waals surface area contributed by atoms with Crippen molar-refractivity contribution in [2.75, 3.05) is 26.6 Å². The molecule has 2 aromatic rings. The fourth-order valence-electron chi connectivity index (χ4n) is 2.28. The van der Waals surface area contributed by atoms with Crippen molar-refractivity contribution in [3.05, 3.63) is 28.3 Å². The zero-order valence-corrected chi connectivity index (χ0v) is 16.3. The van der Waals surface area contributed by atoms with Gasteiger partial charge in [0.25, 0.3) is 5.91 Å². The second-order valence-corrected chi connectivity index (χ2v) is 6.40. The molecule has 0 atom stereocenters. The molecule has 0 aliphatic heterocycles. The van der Waals surface area contributed by atoms with Gasteiger partial charge >= 0.3 is 0 Å². The summed E-state index contributed by atoms with van der Waals surface area (Å²) in [7, 11) is 4.48. The summed E-state index contributed by atoms with van der Waals surface area (Å²) in [6.07, 6.45) is 3.17. The number of benzene rings is 1. The van der Waals surface area contributed by atoms with Crippen molar-refractivity contribution in [1.29, 1.82) is 5.26 Å². The van der Waals surface area contributed by atoms with E-state index in [9.17, 15) is 10.1 Å². The Bertz CT molecular complexity index is 861. The zero-order valence-electron chi connectivity index (χ0n) is 15.5. The second kappa shape index (κ2) is 9.54. The van der Waals surface area contributed by atoms with Crippen LogP contribution in [0.4, 0.5) is 5.13 Å². The standard InChI is InChI=1S/C18H20N4O4S/c1-5-6-15-21-22-18(27-15)20-17(23)12(10-19)7-11-8-13(24-2)16(26-4)14(9-11)25-3/h7-9H,5-6H2,1-4H3,(H,20,22,23)/b12-7-. The molecular weight excluding hydrogens is 368 g/mol. The second-order valence-electron chi connectivity index (χ2n) is 5.33. The molecule has 1 heterocycles. The van der Waals surface area contributed by atoms with Gasteiger partial charge in [0.05, 0.1) is 21.3 Å². The molecule has 0 aliphatic rings. The highest BCUT2D eigenvalue weighted by Gasteiger charge is 2.16. The van der Waals surface area contributed by atoms with Gasteiger partial charge < -0.3 is 14.2 Å². The lowest BCUT2D eigenvalue weighted by molar-refractivity contribution is -0.112. The number of methoxy groups -OCH3 is 3. The monoisotopic (exact) mass is 388 g/mol. The van der Waals surface area contributed by atoms with Crippen LogP contribution in [0.1, 0.15) is 23.9 Å². The van der Waals surface area contributed by atoms with Crippen LogP contribution in [0.15, 0.2) is 17.7 Å². The summed E-state index contributed by atoms with van der Waals surface area (Å²) in [5.74, 6) is 0.714. The molecule has 0 unspecified atom stereocenters. The molecule has 27 heavy (non-hydrogen) atoms. The maximum atomic E-state index is 12.4. The zero-order chi connectivity index (χ0) is 19.8. The van der Waals surface area contributed by atoms with Crippen molar-refractivity contribution in [2.45, 2.75) is 19.8 Å². The van der Waals surface area contributed by atoms with E-state index in [4.69, 9.17) is 14.2 Å². The van der Waals surface area contributed by atoms with E-state index in [0.717, 1.165) is 17.8 Å². The molecule has 0 bridgehead atoms. The van der Waals surface area contributed by atoms with Crippen LogP contribution in [0.3, 0.4) is 0 Å². The van der Waals surface area contributed by atoms with Crippen LogP contribution >= 0.6 is 11.3 Å². The third-order valence-corrected chi connectivity index (χ3v) is 4.41. The van der Waals surface area contributed by atoms with E-state index in [2.05, 4.69) is 15.5 Å². The summed E-state index contributed by atoms with van der Waals surface area (Å²) >= 11 is 1.29. The molecule has 0 fully saturated rings. The third-order valence-electron chi connectivity index (χ3n) is 3.51. The first-order valence-corrected chi connectivity index (χ1v) is 8.93. The Morgan fingerprint density at radius 2 is 1.89 bits per heavy atom. The minimum absolute atomic E-state index is 0.0866. The number of amides is 1. The molecule has 1 aromatic heterocycles. The van der Waals surface area contributed by atoms with Gasteiger partial charge in [-0.3, -0.25) is 10.1 Å². The smallest absolute Gasteiger partial charge is 0.268 e. The van der Waals surface area contributed by atoms with Gasteiger partial charge in [-0.15, -0.1) is 10.2 Å². The number of aromatic nitrogens is 2. The predicted molar refractivity (Wildman–Crippen MR) is 102 cm³/mol. The minimum Gasteiger partial charge on any atom is -0.493 e. The third kappa shape index (κ3) is 4.95. The number of nitriles is 1. The van der Waals surface area contributed by atoms with E-state index < -0.39 is 5.91 Å². The number of nitrogens with zero attached hydrogens (tertiary/aromatic N) is 3. The molecule has 8 nitrogen and oxygen atoms in total. The average molecular weight is 388 g/mol. The average Bonchev–Trinajstić information content (AvgIpc) is 3.12. The van der Waals surface area contributed by atoms with Crippen LogP contribution in [0.5, 0.6) is 17.2 Å². The van der Waals surface area contributed by atoms with Gasteiger partial charge in [-0.2, -0.15) is 5.26 Å². The van der Waals surface area contributed by atoms with Gasteiger partial charge in [0.1, 0.15) is 16.6 Å². The summed E-state index contributed by atoms with van der Waals surface area (Å²) in [5, 5.41) is 21.1. The summed E-state index contributed by atoms with van der Waals surface area (Å²) in [6.45, 7) is 2.04. The number of hydrogen-bond donors (Lipinski definition) is 1. The fraction of sp³-hybridized carbons (Fsp3) is 0.333. The summed E-state index contributed by atoms with van der Waals surface area (Å²) in [5.41, 5.74) is 0.469. The van der Waals surface area contributed by atoms with Crippen LogP contribution in [-0.4, -0.2) is 37.4 Å². The number of rotatable bonds is 8. The Balaban J connectivity index is 2.28. The molecule has 0 spiro atoms. The molecule has 9 heteroatoms. The van der Waals surface area contributed by atoms with Crippen molar-refractivity contribution in [2.24, 2.45) is 0 Å². The molecule has 0 saturated heterocycles. The van der Waals surface area contributed by atoms with Gasteiger partial charge in [-0.05, 0) is 30.2 Å².